The van der Waals surface area contributed by atoms with Crippen molar-refractivity contribution in [2.24, 2.45) is 5.92 Å². The van der Waals surface area contributed by atoms with E-state index in [0.29, 0.717) is 0 Å². The van der Waals surface area contributed by atoms with Gasteiger partial charge in [0.25, 0.3) is 0 Å². The third-order valence-electron chi connectivity index (χ3n) is 4.94. The maximum Gasteiger partial charge on any atom is 0.227 e. The van der Waals surface area contributed by atoms with E-state index in [0.717, 1.165) is 49.1 Å². The van der Waals surface area contributed by atoms with Crippen LogP contribution in [0.3, 0.4) is 0 Å². The summed E-state index contributed by atoms with van der Waals surface area (Å²) in [5.41, 5.74) is 0.848. The van der Waals surface area contributed by atoms with Crippen LogP contribution >= 0.6 is 0 Å². The highest BCUT2D eigenvalue weighted by molar-refractivity contribution is 5.92. The summed E-state index contributed by atoms with van der Waals surface area (Å²) >= 11 is 0. The van der Waals surface area contributed by atoms with E-state index in [1.54, 1.807) is 12.5 Å². The van der Waals surface area contributed by atoms with Crippen molar-refractivity contribution >= 4 is 17.4 Å². The number of nitrogens with zero attached hydrogens (tertiary/aromatic N) is 5. The van der Waals surface area contributed by atoms with Gasteiger partial charge in [-0.2, -0.15) is 0 Å². The van der Waals surface area contributed by atoms with Gasteiger partial charge in [0.05, 0.1) is 0 Å². The molecule has 1 aliphatic heterocycles. The van der Waals surface area contributed by atoms with Gasteiger partial charge in [-0.05, 0) is 31.9 Å². The number of para-hydroxylation sites is 1. The second-order valence-corrected chi connectivity index (χ2v) is 6.70. The molecular weight excluding hydrogens is 340 g/mol. The van der Waals surface area contributed by atoms with Gasteiger partial charge in [0.2, 0.25) is 5.91 Å². The molecule has 0 saturated carbocycles. The lowest BCUT2D eigenvalue weighted by Crippen LogP contribution is -2.38. The van der Waals surface area contributed by atoms with Gasteiger partial charge in [-0.15, -0.1) is 0 Å². The molecule has 0 spiro atoms. The molecule has 3 aromatic rings. The van der Waals surface area contributed by atoms with E-state index >= 15 is 0 Å². The van der Waals surface area contributed by atoms with Crippen molar-refractivity contribution in [3.05, 3.63) is 60.9 Å². The number of aromatic nitrogens is 4. The van der Waals surface area contributed by atoms with Crippen LogP contribution in [0.25, 0.3) is 5.82 Å². The van der Waals surface area contributed by atoms with Gasteiger partial charge < -0.3 is 10.2 Å². The summed E-state index contributed by atoms with van der Waals surface area (Å²) < 4.78 is 1.94. The fourth-order valence-corrected chi connectivity index (χ4v) is 3.40. The lowest BCUT2D eigenvalue weighted by molar-refractivity contribution is -0.120. The number of carbonyl (C=O) groups excluding carboxylic acids is 1. The van der Waals surface area contributed by atoms with E-state index in [4.69, 9.17) is 0 Å². The van der Waals surface area contributed by atoms with E-state index in [1.807, 2.05) is 54.1 Å². The summed E-state index contributed by atoms with van der Waals surface area (Å²) in [6.45, 7) is 3.54. The third-order valence-corrected chi connectivity index (χ3v) is 4.94. The molecule has 7 heteroatoms. The molecule has 1 N–H and O–H groups in total. The number of rotatable bonds is 4. The predicted molar refractivity (Wildman–Crippen MR) is 104 cm³/mol. The molecule has 0 unspecified atom stereocenters. The smallest absolute Gasteiger partial charge is 0.227 e. The zero-order valence-electron chi connectivity index (χ0n) is 15.2. The van der Waals surface area contributed by atoms with E-state index in [2.05, 4.69) is 25.2 Å². The second kappa shape index (κ2) is 7.57. The zero-order chi connectivity index (χ0) is 18.6. The number of carbonyl (C=O) groups is 1. The summed E-state index contributed by atoms with van der Waals surface area (Å²) in [4.78, 5) is 27.7. The standard InChI is InChI=1S/C20H22N6O/c1-15-21-9-12-26(15)19-13-18(22-14-23-19)25-10-7-16(8-11-25)20(27)24-17-5-3-2-4-6-17/h2-6,9,12-14,16H,7-8,10-11H2,1H3,(H,24,27). The Hall–Kier alpha value is -3.22. The van der Waals surface area contributed by atoms with Crippen molar-refractivity contribution in [3.63, 3.8) is 0 Å². The normalized spacial score (nSPS) is 14.9. The van der Waals surface area contributed by atoms with Crippen LogP contribution in [0.1, 0.15) is 18.7 Å². The first-order valence-electron chi connectivity index (χ1n) is 9.14. The van der Waals surface area contributed by atoms with Crippen LogP contribution in [0.5, 0.6) is 0 Å². The Bertz CT molecular complexity index is 915. The lowest BCUT2D eigenvalue weighted by Gasteiger charge is -2.32. The topological polar surface area (TPSA) is 75.9 Å². The molecule has 3 heterocycles. The highest BCUT2D eigenvalue weighted by Crippen LogP contribution is 2.24. The van der Waals surface area contributed by atoms with Crippen LogP contribution in [0.15, 0.2) is 55.1 Å². The Morgan fingerprint density at radius 1 is 1.07 bits per heavy atom. The number of anilines is 2. The average molecular weight is 362 g/mol. The van der Waals surface area contributed by atoms with Gasteiger partial charge in [0, 0.05) is 43.2 Å². The van der Waals surface area contributed by atoms with Gasteiger partial charge in [-0.3, -0.25) is 9.36 Å². The predicted octanol–water partition coefficient (Wildman–Crippen LogP) is 2.83. The molecule has 2 aromatic heterocycles. The molecule has 0 aliphatic carbocycles. The zero-order valence-corrected chi connectivity index (χ0v) is 15.2. The van der Waals surface area contributed by atoms with Gasteiger partial charge in [0.15, 0.2) is 0 Å². The Morgan fingerprint density at radius 3 is 2.52 bits per heavy atom. The Balaban J connectivity index is 1.39. The minimum atomic E-state index is 0.0265. The number of hydrogen-bond donors (Lipinski definition) is 1. The number of aryl methyl sites for hydroxylation is 1. The summed E-state index contributed by atoms with van der Waals surface area (Å²) in [6.07, 6.45) is 6.85. The van der Waals surface area contributed by atoms with Crippen LogP contribution in [0.2, 0.25) is 0 Å². The van der Waals surface area contributed by atoms with E-state index in [9.17, 15) is 4.79 Å². The second-order valence-electron chi connectivity index (χ2n) is 6.70. The molecule has 1 aliphatic rings. The Kier molecular flexibility index (Phi) is 4.82. The fourth-order valence-electron chi connectivity index (χ4n) is 3.40. The van der Waals surface area contributed by atoms with Crippen molar-refractivity contribution in [1.29, 1.82) is 0 Å². The summed E-state index contributed by atoms with van der Waals surface area (Å²) in [5.74, 6) is 2.70. The van der Waals surface area contributed by atoms with E-state index in [1.165, 1.54) is 0 Å². The number of piperidine rings is 1. The average Bonchev–Trinajstić information content (AvgIpc) is 3.15. The van der Waals surface area contributed by atoms with Crippen LogP contribution in [-0.4, -0.2) is 38.5 Å². The fraction of sp³-hybridized carbons (Fsp3) is 0.300. The maximum absolute atomic E-state index is 12.5. The molecule has 0 radical (unpaired) electrons. The minimum Gasteiger partial charge on any atom is -0.356 e. The van der Waals surface area contributed by atoms with Crippen molar-refractivity contribution in [3.8, 4) is 5.82 Å². The van der Waals surface area contributed by atoms with Crippen LogP contribution in [-0.2, 0) is 4.79 Å². The van der Waals surface area contributed by atoms with Crippen molar-refractivity contribution < 1.29 is 4.79 Å². The third kappa shape index (κ3) is 3.81. The highest BCUT2D eigenvalue weighted by Gasteiger charge is 2.26. The molecule has 1 saturated heterocycles. The highest BCUT2D eigenvalue weighted by atomic mass is 16.1. The Labute approximate surface area is 158 Å². The van der Waals surface area contributed by atoms with E-state index in [-0.39, 0.29) is 11.8 Å². The summed E-state index contributed by atoms with van der Waals surface area (Å²) in [5, 5.41) is 3.01. The molecule has 1 amide bonds. The first-order valence-corrected chi connectivity index (χ1v) is 9.14. The molecule has 1 fully saturated rings. The summed E-state index contributed by atoms with van der Waals surface area (Å²) in [7, 11) is 0. The number of amides is 1. The van der Waals surface area contributed by atoms with Gasteiger partial charge in [-0.25, -0.2) is 15.0 Å². The van der Waals surface area contributed by atoms with E-state index < -0.39 is 0 Å². The van der Waals surface area contributed by atoms with Gasteiger partial charge in [0.1, 0.15) is 23.8 Å². The molecule has 0 atom stereocenters. The van der Waals surface area contributed by atoms with Crippen molar-refractivity contribution in [2.75, 3.05) is 23.3 Å². The maximum atomic E-state index is 12.5. The first-order chi connectivity index (χ1) is 13.2. The van der Waals surface area contributed by atoms with Crippen LogP contribution < -0.4 is 10.2 Å². The molecule has 27 heavy (non-hydrogen) atoms. The molecular formula is C20H22N6O. The Morgan fingerprint density at radius 2 is 1.81 bits per heavy atom. The molecule has 1 aromatic carbocycles. The quantitative estimate of drug-likeness (QED) is 0.772. The lowest BCUT2D eigenvalue weighted by atomic mass is 9.96. The SMILES string of the molecule is Cc1nccn1-c1cc(N2CCC(C(=O)Nc3ccccc3)CC2)ncn1. The number of imidazole rings is 1. The molecule has 7 nitrogen and oxygen atoms in total. The summed E-state index contributed by atoms with van der Waals surface area (Å²) in [6, 6.07) is 11.6. The van der Waals surface area contributed by atoms with Gasteiger partial charge in [-0.1, -0.05) is 18.2 Å². The molecule has 4 rings (SSSR count). The van der Waals surface area contributed by atoms with Crippen LogP contribution in [0, 0.1) is 12.8 Å². The minimum absolute atomic E-state index is 0.0265. The number of nitrogens with one attached hydrogen (secondary N) is 1. The first kappa shape index (κ1) is 17.2. The number of hydrogen-bond acceptors (Lipinski definition) is 5. The van der Waals surface area contributed by atoms with Crippen LogP contribution in [0.4, 0.5) is 11.5 Å². The number of benzene rings is 1. The molecule has 0 bridgehead atoms. The monoisotopic (exact) mass is 362 g/mol. The van der Waals surface area contributed by atoms with Crippen molar-refractivity contribution in [2.45, 2.75) is 19.8 Å². The van der Waals surface area contributed by atoms with Crippen molar-refractivity contribution in [1.82, 2.24) is 19.5 Å². The van der Waals surface area contributed by atoms with Gasteiger partial charge >= 0.3 is 0 Å². The largest absolute Gasteiger partial charge is 0.356 e. The molecule has 138 valence electrons.